The molecule has 38 heavy (non-hydrogen) atoms. The zero-order valence-electron chi connectivity index (χ0n) is 23.1. The minimum atomic E-state index is -1.11. The Morgan fingerprint density at radius 2 is 1.82 bits per heavy atom. The highest BCUT2D eigenvalue weighted by Gasteiger charge is 2.79. The standard InChI is InChI=1S/C30H41N3O5/c1-7-16-31(6)26(35)22-23-27(36)33(18-11-19-34)25(30(23)15-14-29(22,9-3)38-30)28(37)32(17-8-2)24-20(4)12-10-13-21(24)5/h7-8,10,12-13,22-23,25,34H,1-2,9,11,14-19H2,3-6H3/t22-,23-,25?,29+,30?/m0/s1. The molecule has 8 nitrogen and oxygen atoms in total. The van der Waals surface area contributed by atoms with Crippen LogP contribution >= 0.6 is 0 Å². The van der Waals surface area contributed by atoms with Crippen molar-refractivity contribution in [2.24, 2.45) is 11.8 Å². The summed E-state index contributed by atoms with van der Waals surface area (Å²) in [6, 6.07) is 4.98. The van der Waals surface area contributed by atoms with Crippen molar-refractivity contribution in [3.63, 3.8) is 0 Å². The largest absolute Gasteiger partial charge is 0.396 e. The lowest BCUT2D eigenvalue weighted by molar-refractivity contribution is -0.150. The molecule has 5 atom stereocenters. The summed E-state index contributed by atoms with van der Waals surface area (Å²) < 4.78 is 6.85. The van der Waals surface area contributed by atoms with Crippen molar-refractivity contribution in [3.8, 4) is 0 Å². The van der Waals surface area contributed by atoms with Crippen LogP contribution in [0.4, 0.5) is 5.69 Å². The number of aliphatic hydroxyl groups is 1. The molecular formula is C30H41N3O5. The summed E-state index contributed by atoms with van der Waals surface area (Å²) in [5, 5.41) is 9.62. The highest BCUT2D eigenvalue weighted by molar-refractivity contribution is 6.05. The van der Waals surface area contributed by atoms with Gasteiger partial charge in [0.05, 0.1) is 17.4 Å². The van der Waals surface area contributed by atoms with Gasteiger partial charge in [-0.3, -0.25) is 14.4 Å². The van der Waals surface area contributed by atoms with Gasteiger partial charge in [0.2, 0.25) is 11.8 Å². The van der Waals surface area contributed by atoms with Crippen LogP contribution in [0.5, 0.6) is 0 Å². The number of benzene rings is 1. The predicted molar refractivity (Wildman–Crippen MR) is 147 cm³/mol. The summed E-state index contributed by atoms with van der Waals surface area (Å²) >= 11 is 0. The molecule has 3 saturated heterocycles. The first-order valence-corrected chi connectivity index (χ1v) is 13.6. The number of aliphatic hydroxyl groups excluding tert-OH is 1. The zero-order valence-corrected chi connectivity index (χ0v) is 23.1. The zero-order chi connectivity index (χ0) is 27.8. The number of likely N-dealkylation sites (N-methyl/N-ethyl adjacent to an activating group) is 1. The summed E-state index contributed by atoms with van der Waals surface area (Å²) in [4.78, 5) is 47.5. The third-order valence-corrected chi connectivity index (χ3v) is 8.80. The van der Waals surface area contributed by atoms with Gasteiger partial charge in [-0.1, -0.05) is 37.3 Å². The van der Waals surface area contributed by atoms with Gasteiger partial charge in [0.25, 0.3) is 5.91 Å². The van der Waals surface area contributed by atoms with E-state index in [2.05, 4.69) is 13.2 Å². The Kier molecular flexibility index (Phi) is 7.86. The fourth-order valence-corrected chi connectivity index (χ4v) is 7.17. The Bertz CT molecular complexity index is 1110. The van der Waals surface area contributed by atoms with Crippen LogP contribution in [0.15, 0.2) is 43.5 Å². The average Bonchev–Trinajstić information content (AvgIpc) is 3.49. The Balaban J connectivity index is 1.85. The van der Waals surface area contributed by atoms with Gasteiger partial charge in [-0.25, -0.2) is 0 Å². The van der Waals surface area contributed by atoms with Crippen molar-refractivity contribution in [3.05, 3.63) is 54.6 Å². The van der Waals surface area contributed by atoms with Crippen molar-refractivity contribution in [2.75, 3.05) is 38.2 Å². The quantitative estimate of drug-likeness (QED) is 0.451. The maximum absolute atomic E-state index is 14.6. The van der Waals surface area contributed by atoms with Crippen LogP contribution in [0.25, 0.3) is 0 Å². The molecule has 206 valence electrons. The Labute approximate surface area is 225 Å². The van der Waals surface area contributed by atoms with Gasteiger partial charge < -0.3 is 24.5 Å². The van der Waals surface area contributed by atoms with Gasteiger partial charge in [-0.05, 0) is 50.7 Å². The molecule has 3 fully saturated rings. The van der Waals surface area contributed by atoms with E-state index in [0.29, 0.717) is 32.2 Å². The Hall–Kier alpha value is -2.97. The first-order chi connectivity index (χ1) is 18.1. The molecule has 3 aliphatic heterocycles. The van der Waals surface area contributed by atoms with Crippen LogP contribution in [-0.4, -0.2) is 83.2 Å². The van der Waals surface area contributed by atoms with E-state index in [9.17, 15) is 19.5 Å². The summed E-state index contributed by atoms with van der Waals surface area (Å²) in [6.07, 6.45) is 5.37. The molecular weight excluding hydrogens is 482 g/mol. The monoisotopic (exact) mass is 523 g/mol. The molecule has 3 aliphatic rings. The molecule has 2 unspecified atom stereocenters. The minimum Gasteiger partial charge on any atom is -0.396 e. The Morgan fingerprint density at radius 3 is 2.39 bits per heavy atom. The van der Waals surface area contributed by atoms with E-state index < -0.39 is 29.1 Å². The smallest absolute Gasteiger partial charge is 0.253 e. The number of nitrogens with zero attached hydrogens (tertiary/aromatic N) is 3. The summed E-state index contributed by atoms with van der Waals surface area (Å²) in [5.74, 6) is -2.07. The molecule has 3 heterocycles. The van der Waals surface area contributed by atoms with Crippen molar-refractivity contribution < 1.29 is 24.2 Å². The van der Waals surface area contributed by atoms with Gasteiger partial charge >= 0.3 is 0 Å². The number of aryl methyl sites for hydroxylation is 2. The number of amides is 3. The average molecular weight is 524 g/mol. The van der Waals surface area contributed by atoms with E-state index in [4.69, 9.17) is 4.74 Å². The normalized spacial score (nSPS) is 29.3. The molecule has 0 aromatic heterocycles. The molecule has 1 N–H and O–H groups in total. The molecule has 1 aromatic carbocycles. The van der Waals surface area contributed by atoms with Crippen LogP contribution in [0, 0.1) is 25.7 Å². The molecule has 0 aliphatic carbocycles. The van der Waals surface area contributed by atoms with Gasteiger partial charge in [0.1, 0.15) is 11.6 Å². The van der Waals surface area contributed by atoms with Crippen LogP contribution in [-0.2, 0) is 19.1 Å². The Morgan fingerprint density at radius 1 is 1.16 bits per heavy atom. The lowest BCUT2D eigenvalue weighted by Crippen LogP contribution is -2.57. The van der Waals surface area contributed by atoms with E-state index in [-0.39, 0.29) is 37.4 Å². The maximum Gasteiger partial charge on any atom is 0.253 e. The van der Waals surface area contributed by atoms with Crippen molar-refractivity contribution in [1.29, 1.82) is 0 Å². The molecule has 3 amide bonds. The molecule has 0 radical (unpaired) electrons. The maximum atomic E-state index is 14.6. The number of hydrogen-bond acceptors (Lipinski definition) is 5. The van der Waals surface area contributed by atoms with Crippen LogP contribution < -0.4 is 4.90 Å². The van der Waals surface area contributed by atoms with Crippen LogP contribution in [0.2, 0.25) is 0 Å². The van der Waals surface area contributed by atoms with E-state index in [1.165, 1.54) is 0 Å². The number of likely N-dealkylation sites (tertiary alicyclic amines) is 1. The lowest BCUT2D eigenvalue weighted by atomic mass is 9.64. The first-order valence-electron chi connectivity index (χ1n) is 13.6. The number of carbonyl (C=O) groups is 3. The number of anilines is 1. The number of fused-ring (bicyclic) bond motifs is 1. The fraction of sp³-hybridized carbons (Fsp3) is 0.567. The number of rotatable bonds is 11. The minimum absolute atomic E-state index is 0.111. The summed E-state index contributed by atoms with van der Waals surface area (Å²) in [7, 11) is 1.71. The second-order valence-corrected chi connectivity index (χ2v) is 10.9. The van der Waals surface area contributed by atoms with E-state index in [0.717, 1.165) is 16.8 Å². The number of ether oxygens (including phenoxy) is 1. The number of hydrogen-bond donors (Lipinski definition) is 1. The van der Waals surface area contributed by atoms with Gasteiger partial charge in [0, 0.05) is 39.0 Å². The molecule has 8 heteroatoms. The molecule has 1 spiro atoms. The van der Waals surface area contributed by atoms with Crippen molar-refractivity contribution in [2.45, 2.75) is 63.7 Å². The van der Waals surface area contributed by atoms with Gasteiger partial charge in [0.15, 0.2) is 0 Å². The van der Waals surface area contributed by atoms with E-state index in [1.807, 2.05) is 39.0 Å². The van der Waals surface area contributed by atoms with Crippen molar-refractivity contribution >= 4 is 23.4 Å². The fourth-order valence-electron chi connectivity index (χ4n) is 7.17. The number of para-hydroxylation sites is 1. The van der Waals surface area contributed by atoms with Gasteiger partial charge in [-0.2, -0.15) is 0 Å². The van der Waals surface area contributed by atoms with E-state index in [1.54, 1.807) is 33.9 Å². The predicted octanol–water partition coefficient (Wildman–Crippen LogP) is 3.00. The summed E-state index contributed by atoms with van der Waals surface area (Å²) in [5.41, 5.74) is 0.784. The van der Waals surface area contributed by atoms with Crippen LogP contribution in [0.1, 0.15) is 43.7 Å². The number of carbonyl (C=O) groups excluding carboxylic acids is 3. The third-order valence-electron chi connectivity index (χ3n) is 8.80. The molecule has 4 rings (SSSR count). The third kappa shape index (κ3) is 4.09. The molecule has 0 saturated carbocycles. The van der Waals surface area contributed by atoms with Crippen LogP contribution in [0.3, 0.4) is 0 Å². The van der Waals surface area contributed by atoms with E-state index >= 15 is 0 Å². The molecule has 2 bridgehead atoms. The first kappa shape index (κ1) is 28.0. The summed E-state index contributed by atoms with van der Waals surface area (Å²) in [6.45, 7) is 14.3. The second-order valence-electron chi connectivity index (χ2n) is 10.9. The topological polar surface area (TPSA) is 90.4 Å². The van der Waals surface area contributed by atoms with Gasteiger partial charge in [-0.15, -0.1) is 13.2 Å². The molecule has 1 aromatic rings. The highest BCUT2D eigenvalue weighted by atomic mass is 16.5. The second kappa shape index (κ2) is 10.7. The highest BCUT2D eigenvalue weighted by Crippen LogP contribution is 2.64. The SMILES string of the molecule is C=CCN(C)C(=O)[C@@H]1[C@H]2C(=O)N(CCCO)C(C(=O)N(CC=C)c3c(C)cccc3C)C23CC[C@@]1(CC)O3. The lowest BCUT2D eigenvalue weighted by Gasteiger charge is -2.37. The van der Waals surface area contributed by atoms with Crippen molar-refractivity contribution in [1.82, 2.24) is 9.80 Å².